The maximum Gasteiger partial charge on any atom is 0.124 e. The van der Waals surface area contributed by atoms with Crippen molar-refractivity contribution in [1.82, 2.24) is 4.90 Å². The third-order valence-corrected chi connectivity index (χ3v) is 7.80. The summed E-state index contributed by atoms with van der Waals surface area (Å²) < 4.78 is 16.9. The van der Waals surface area contributed by atoms with Crippen molar-refractivity contribution in [3.05, 3.63) is 69.8 Å². The van der Waals surface area contributed by atoms with Gasteiger partial charge in [-0.25, -0.2) is 0 Å². The summed E-state index contributed by atoms with van der Waals surface area (Å²) in [6, 6.07) is 11.1. The van der Waals surface area contributed by atoms with Crippen LogP contribution >= 0.6 is 0 Å². The highest BCUT2D eigenvalue weighted by Crippen LogP contribution is 2.42. The minimum absolute atomic E-state index is 0.203. The van der Waals surface area contributed by atoms with Gasteiger partial charge in [0.2, 0.25) is 0 Å². The van der Waals surface area contributed by atoms with E-state index in [-0.39, 0.29) is 33.5 Å². The molecule has 0 aromatic heterocycles. The molecule has 0 saturated carbocycles. The Balaban J connectivity index is 2.23. The molecule has 0 aliphatic heterocycles. The Morgan fingerprint density at radius 3 is 0.884 bits per heavy atom. The normalized spacial score (nSPS) is 12.5. The van der Waals surface area contributed by atoms with E-state index in [1.807, 2.05) is 98.7 Å². The van der Waals surface area contributed by atoms with Crippen molar-refractivity contribution < 1.29 is 29.5 Å². The van der Waals surface area contributed by atoms with E-state index < -0.39 is 0 Å². The lowest BCUT2D eigenvalue weighted by Crippen LogP contribution is -2.24. The van der Waals surface area contributed by atoms with Crippen molar-refractivity contribution in [3.63, 3.8) is 0 Å². The molecule has 236 valence electrons. The van der Waals surface area contributed by atoms with Crippen molar-refractivity contribution in [2.45, 2.75) is 98.2 Å². The van der Waals surface area contributed by atoms with E-state index in [1.54, 1.807) is 21.3 Å². The van der Waals surface area contributed by atoms with Gasteiger partial charge >= 0.3 is 0 Å². The molecule has 0 spiro atoms. The van der Waals surface area contributed by atoms with Gasteiger partial charge in [0, 0.05) is 53.0 Å². The summed E-state index contributed by atoms with van der Waals surface area (Å²) in [4.78, 5) is 2.09. The smallest absolute Gasteiger partial charge is 0.124 e. The summed E-state index contributed by atoms with van der Waals surface area (Å²) >= 11 is 0. The van der Waals surface area contributed by atoms with Crippen LogP contribution in [-0.4, -0.2) is 41.5 Å². The summed E-state index contributed by atoms with van der Waals surface area (Å²) in [5, 5.41) is 34.4. The number of benzene rings is 3. The summed E-state index contributed by atoms with van der Waals surface area (Å²) in [5.74, 6) is 2.56. The Bertz CT molecular complexity index is 1270. The second-order valence-electron chi connectivity index (χ2n) is 14.4. The molecule has 0 bridgehead atoms. The molecule has 0 amide bonds. The molecule has 0 aliphatic carbocycles. The minimum atomic E-state index is -0.322. The first-order valence-electron chi connectivity index (χ1n) is 14.7. The van der Waals surface area contributed by atoms with Crippen molar-refractivity contribution in [3.8, 4) is 34.5 Å². The van der Waals surface area contributed by atoms with Gasteiger partial charge in [-0.15, -0.1) is 0 Å². The summed E-state index contributed by atoms with van der Waals surface area (Å²) in [7, 11) is 4.85. The fraction of sp³-hybridized carbons (Fsp3) is 0.500. The largest absolute Gasteiger partial charge is 0.507 e. The topological polar surface area (TPSA) is 91.6 Å². The van der Waals surface area contributed by atoms with Crippen LogP contribution in [0.25, 0.3) is 0 Å². The molecular weight excluding hydrogens is 542 g/mol. The van der Waals surface area contributed by atoms with Gasteiger partial charge in [-0.2, -0.15) is 0 Å². The molecule has 3 aromatic rings. The number of phenols is 3. The van der Waals surface area contributed by atoms with Gasteiger partial charge in [-0.05, 0) is 52.6 Å². The molecular formula is C36H51NO6. The molecule has 3 N–H and O–H groups in total. The molecule has 0 saturated heterocycles. The maximum absolute atomic E-state index is 11.5. The van der Waals surface area contributed by atoms with Crippen LogP contribution in [0.3, 0.4) is 0 Å². The van der Waals surface area contributed by atoms with Gasteiger partial charge in [-0.1, -0.05) is 62.3 Å². The zero-order chi connectivity index (χ0) is 32.5. The molecule has 43 heavy (non-hydrogen) atoms. The summed E-state index contributed by atoms with van der Waals surface area (Å²) in [6.45, 7) is 19.4. The van der Waals surface area contributed by atoms with Crippen LogP contribution in [0.15, 0.2) is 36.4 Å². The van der Waals surface area contributed by atoms with E-state index in [9.17, 15) is 15.3 Å². The third kappa shape index (κ3) is 7.88. The van der Waals surface area contributed by atoms with Crippen molar-refractivity contribution in [2.75, 3.05) is 21.3 Å². The number of nitrogens with zero attached hydrogens (tertiary/aromatic N) is 1. The van der Waals surface area contributed by atoms with Gasteiger partial charge in [0.1, 0.15) is 34.5 Å². The highest BCUT2D eigenvalue weighted by atomic mass is 16.5. The Morgan fingerprint density at radius 2 is 0.698 bits per heavy atom. The summed E-state index contributed by atoms with van der Waals surface area (Å²) in [5.41, 5.74) is 3.41. The van der Waals surface area contributed by atoms with Crippen LogP contribution in [0.1, 0.15) is 95.7 Å². The van der Waals surface area contributed by atoms with Crippen LogP contribution in [0.2, 0.25) is 0 Å². The van der Waals surface area contributed by atoms with Gasteiger partial charge in [0.05, 0.1) is 21.3 Å². The molecule has 0 aliphatic rings. The lowest BCUT2D eigenvalue weighted by molar-refractivity contribution is 0.235. The fourth-order valence-corrected chi connectivity index (χ4v) is 5.32. The SMILES string of the molecule is COc1cc(CN(Cc2cc(OC)cc(C(C)(C)C)c2O)Cc2cc(OC)cc(C(C)(C)C)c2O)c(O)c(C(C)(C)C)c1. The van der Waals surface area contributed by atoms with Crippen molar-refractivity contribution in [1.29, 1.82) is 0 Å². The molecule has 0 fully saturated rings. The zero-order valence-electron chi connectivity index (χ0n) is 28.1. The number of phenolic OH excluding ortho intramolecular Hbond substituents is 3. The molecule has 7 nitrogen and oxygen atoms in total. The molecule has 0 atom stereocenters. The molecule has 0 heterocycles. The van der Waals surface area contributed by atoms with E-state index in [1.165, 1.54) is 0 Å². The minimum Gasteiger partial charge on any atom is -0.507 e. The van der Waals surface area contributed by atoms with Crippen LogP contribution in [0.5, 0.6) is 34.5 Å². The van der Waals surface area contributed by atoms with E-state index in [0.29, 0.717) is 53.6 Å². The van der Waals surface area contributed by atoms with Crippen molar-refractivity contribution >= 4 is 0 Å². The van der Waals surface area contributed by atoms with Crippen LogP contribution in [0, 0.1) is 0 Å². The first-order valence-corrected chi connectivity index (χ1v) is 14.7. The molecule has 0 unspecified atom stereocenters. The second kappa shape index (κ2) is 12.6. The van der Waals surface area contributed by atoms with E-state index in [0.717, 1.165) is 16.7 Å². The zero-order valence-corrected chi connectivity index (χ0v) is 28.1. The molecule has 7 heteroatoms. The predicted molar refractivity (Wildman–Crippen MR) is 173 cm³/mol. The van der Waals surface area contributed by atoms with Gasteiger partial charge < -0.3 is 29.5 Å². The number of hydrogen-bond acceptors (Lipinski definition) is 7. The van der Waals surface area contributed by atoms with Gasteiger partial charge in [0.25, 0.3) is 0 Å². The van der Waals surface area contributed by atoms with Gasteiger partial charge in [0.15, 0.2) is 0 Å². The van der Waals surface area contributed by atoms with Crippen LogP contribution in [-0.2, 0) is 35.9 Å². The first kappa shape index (κ1) is 33.9. The quantitative estimate of drug-likeness (QED) is 0.232. The van der Waals surface area contributed by atoms with E-state index in [4.69, 9.17) is 14.2 Å². The Kier molecular flexibility index (Phi) is 9.91. The second-order valence-corrected chi connectivity index (χ2v) is 14.4. The number of hydrogen-bond donors (Lipinski definition) is 3. The molecule has 3 rings (SSSR count). The average Bonchev–Trinajstić information content (AvgIpc) is 2.89. The van der Waals surface area contributed by atoms with Gasteiger partial charge in [-0.3, -0.25) is 4.90 Å². The standard InChI is InChI=1S/C36H51NO6/c1-34(2,3)28-16-25(41-10)13-22(31(28)38)19-37(20-23-14-26(42-11)17-29(32(23)39)35(4,5)6)21-24-15-27(43-12)18-30(33(24)40)36(7,8)9/h13-18,38-40H,19-21H2,1-12H3. The lowest BCUT2D eigenvalue weighted by Gasteiger charge is -2.29. The predicted octanol–water partition coefficient (Wildman–Crippen LogP) is 7.92. The molecule has 0 radical (unpaired) electrons. The number of aromatic hydroxyl groups is 3. The van der Waals surface area contributed by atoms with Crippen molar-refractivity contribution in [2.24, 2.45) is 0 Å². The molecule has 3 aromatic carbocycles. The highest BCUT2D eigenvalue weighted by molar-refractivity contribution is 5.52. The Morgan fingerprint density at radius 1 is 0.465 bits per heavy atom. The third-order valence-electron chi connectivity index (χ3n) is 7.80. The van der Waals surface area contributed by atoms with Crippen LogP contribution < -0.4 is 14.2 Å². The number of rotatable bonds is 9. The maximum atomic E-state index is 11.5. The van der Waals surface area contributed by atoms with E-state index >= 15 is 0 Å². The monoisotopic (exact) mass is 593 g/mol. The first-order chi connectivity index (χ1) is 19.8. The fourth-order valence-electron chi connectivity index (χ4n) is 5.32. The van der Waals surface area contributed by atoms with Crippen LogP contribution in [0.4, 0.5) is 0 Å². The van der Waals surface area contributed by atoms with E-state index in [2.05, 4.69) is 4.90 Å². The highest BCUT2D eigenvalue weighted by Gasteiger charge is 2.27. The number of methoxy groups -OCH3 is 3. The summed E-state index contributed by atoms with van der Waals surface area (Å²) in [6.07, 6.45) is 0. The Hall–Kier alpha value is -3.58. The Labute approximate surface area is 258 Å². The average molecular weight is 594 g/mol. The lowest BCUT2D eigenvalue weighted by atomic mass is 9.84. The number of ether oxygens (including phenoxy) is 3.